The van der Waals surface area contributed by atoms with E-state index in [4.69, 9.17) is 0 Å². The monoisotopic (exact) mass is 309 g/mol. The number of H-pyrrole nitrogens is 1. The maximum atomic E-state index is 11.8. The van der Waals surface area contributed by atoms with Crippen LogP contribution >= 0.6 is 0 Å². The Hall–Kier alpha value is -3.48. The van der Waals surface area contributed by atoms with Crippen molar-refractivity contribution >= 4 is 5.69 Å². The molecule has 1 aromatic heterocycles. The third kappa shape index (κ3) is 2.80. The molecule has 7 nitrogen and oxygen atoms in total. The number of aromatic nitrogens is 2. The summed E-state index contributed by atoms with van der Waals surface area (Å²) in [6, 6.07) is 14.7. The zero-order valence-corrected chi connectivity index (χ0v) is 11.8. The van der Waals surface area contributed by atoms with Crippen molar-refractivity contribution < 1.29 is 10.0 Å². The van der Waals surface area contributed by atoms with Crippen molar-refractivity contribution in [3.05, 3.63) is 75.2 Å². The smallest absolute Gasteiger partial charge is 0.345 e. The second kappa shape index (κ2) is 5.72. The van der Waals surface area contributed by atoms with Crippen molar-refractivity contribution in [2.24, 2.45) is 0 Å². The summed E-state index contributed by atoms with van der Waals surface area (Å²) in [5.74, 6) is -0.502. The molecule has 2 aromatic carbocycles. The van der Waals surface area contributed by atoms with Gasteiger partial charge in [0.05, 0.1) is 16.3 Å². The van der Waals surface area contributed by atoms with Gasteiger partial charge in [-0.05, 0) is 12.1 Å². The fourth-order valence-electron chi connectivity index (χ4n) is 2.26. The average molecular weight is 309 g/mol. The number of hydrogen-bond donors (Lipinski definition) is 2. The molecule has 0 saturated carbocycles. The molecule has 7 heteroatoms. The molecule has 0 fully saturated rings. The Labute approximate surface area is 130 Å². The van der Waals surface area contributed by atoms with E-state index >= 15 is 0 Å². The zero-order valence-electron chi connectivity index (χ0n) is 11.8. The van der Waals surface area contributed by atoms with Crippen LogP contribution < -0.4 is 5.69 Å². The maximum Gasteiger partial charge on any atom is 0.345 e. The highest BCUT2D eigenvalue weighted by Gasteiger charge is 2.18. The number of para-hydroxylation sites is 1. The molecule has 0 bridgehead atoms. The predicted octanol–water partition coefficient (Wildman–Crippen LogP) is 2.72. The van der Waals surface area contributed by atoms with Gasteiger partial charge < -0.3 is 10.1 Å². The standard InChI is InChI=1S/C16H11N3O4/c20-15-11(7-4-8-14(15)19(22)23)13-9-12(17-16(21)18-13)10-5-2-1-3-6-10/h1-9,20H,(H,17,18,21). The first-order valence-electron chi connectivity index (χ1n) is 6.70. The quantitative estimate of drug-likeness (QED) is 0.571. The number of aromatic amines is 1. The molecular weight excluding hydrogens is 298 g/mol. The normalized spacial score (nSPS) is 10.4. The Balaban J connectivity index is 2.19. The van der Waals surface area contributed by atoms with E-state index < -0.39 is 22.0 Å². The zero-order chi connectivity index (χ0) is 16.4. The van der Waals surface area contributed by atoms with Gasteiger partial charge >= 0.3 is 11.4 Å². The van der Waals surface area contributed by atoms with Crippen LogP contribution in [-0.4, -0.2) is 20.0 Å². The first-order valence-corrected chi connectivity index (χ1v) is 6.70. The van der Waals surface area contributed by atoms with Crippen LogP contribution in [0.1, 0.15) is 0 Å². The molecule has 0 unspecified atom stereocenters. The molecular formula is C16H11N3O4. The van der Waals surface area contributed by atoms with Crippen molar-refractivity contribution in [2.75, 3.05) is 0 Å². The topological polar surface area (TPSA) is 109 Å². The van der Waals surface area contributed by atoms with E-state index in [2.05, 4.69) is 9.97 Å². The van der Waals surface area contributed by atoms with Crippen LogP contribution in [0, 0.1) is 10.1 Å². The second-order valence-electron chi connectivity index (χ2n) is 4.78. The summed E-state index contributed by atoms with van der Waals surface area (Å²) < 4.78 is 0. The van der Waals surface area contributed by atoms with Crippen LogP contribution in [0.3, 0.4) is 0 Å². The number of rotatable bonds is 3. The minimum absolute atomic E-state index is 0.163. The number of phenols is 1. The molecule has 23 heavy (non-hydrogen) atoms. The Morgan fingerprint density at radius 1 is 1.09 bits per heavy atom. The molecule has 0 spiro atoms. The van der Waals surface area contributed by atoms with E-state index in [0.717, 1.165) is 5.56 Å². The van der Waals surface area contributed by atoms with Gasteiger partial charge in [0.1, 0.15) is 0 Å². The third-order valence-corrected chi connectivity index (χ3v) is 3.32. The summed E-state index contributed by atoms with van der Waals surface area (Å²) >= 11 is 0. The van der Waals surface area contributed by atoms with Gasteiger partial charge in [-0.15, -0.1) is 0 Å². The number of phenolic OH excluding ortho intramolecular Hbond substituents is 1. The summed E-state index contributed by atoms with van der Waals surface area (Å²) in [5.41, 5.74) is 0.523. The minimum Gasteiger partial charge on any atom is -0.502 e. The number of hydrogen-bond acceptors (Lipinski definition) is 5. The Bertz CT molecular complexity index is 936. The highest BCUT2D eigenvalue weighted by Crippen LogP contribution is 2.36. The molecule has 0 aliphatic heterocycles. The van der Waals surface area contributed by atoms with E-state index in [-0.39, 0.29) is 11.3 Å². The van der Waals surface area contributed by atoms with E-state index in [0.29, 0.717) is 5.69 Å². The highest BCUT2D eigenvalue weighted by atomic mass is 16.6. The number of nitrogens with one attached hydrogen (secondary N) is 1. The number of nitrogens with zero attached hydrogens (tertiary/aromatic N) is 2. The van der Waals surface area contributed by atoms with Gasteiger partial charge in [-0.3, -0.25) is 10.1 Å². The van der Waals surface area contributed by atoms with Gasteiger partial charge in [-0.25, -0.2) is 4.79 Å². The van der Waals surface area contributed by atoms with E-state index in [1.807, 2.05) is 18.2 Å². The molecule has 2 N–H and O–H groups in total. The lowest BCUT2D eigenvalue weighted by molar-refractivity contribution is -0.385. The predicted molar refractivity (Wildman–Crippen MR) is 84.0 cm³/mol. The molecule has 0 aliphatic rings. The van der Waals surface area contributed by atoms with Crippen molar-refractivity contribution in [3.8, 4) is 28.3 Å². The molecule has 0 aliphatic carbocycles. The minimum atomic E-state index is -0.684. The van der Waals surface area contributed by atoms with Crippen LogP contribution in [0.4, 0.5) is 5.69 Å². The van der Waals surface area contributed by atoms with Crippen molar-refractivity contribution in [2.45, 2.75) is 0 Å². The van der Waals surface area contributed by atoms with Gasteiger partial charge in [-0.2, -0.15) is 4.98 Å². The molecule has 3 aromatic rings. The molecule has 0 radical (unpaired) electrons. The lowest BCUT2D eigenvalue weighted by atomic mass is 10.1. The summed E-state index contributed by atoms with van der Waals surface area (Å²) in [4.78, 5) is 28.4. The molecule has 0 saturated heterocycles. The summed E-state index contributed by atoms with van der Waals surface area (Å²) in [5, 5.41) is 21.0. The summed E-state index contributed by atoms with van der Waals surface area (Å²) in [6.07, 6.45) is 0. The van der Waals surface area contributed by atoms with Gasteiger partial charge in [0.25, 0.3) is 0 Å². The van der Waals surface area contributed by atoms with Gasteiger partial charge in [0.15, 0.2) is 0 Å². The number of aromatic hydroxyl groups is 1. The fourth-order valence-corrected chi connectivity index (χ4v) is 2.26. The summed E-state index contributed by atoms with van der Waals surface area (Å²) in [6.45, 7) is 0. The molecule has 1 heterocycles. The lowest BCUT2D eigenvalue weighted by Crippen LogP contribution is -2.12. The van der Waals surface area contributed by atoms with Gasteiger partial charge in [0, 0.05) is 17.2 Å². The highest BCUT2D eigenvalue weighted by molar-refractivity contribution is 5.75. The maximum absolute atomic E-state index is 11.8. The Kier molecular flexibility index (Phi) is 3.60. The number of nitro benzene ring substituents is 1. The van der Waals surface area contributed by atoms with Crippen LogP contribution in [0.5, 0.6) is 5.75 Å². The van der Waals surface area contributed by atoms with Crippen LogP contribution in [0.25, 0.3) is 22.5 Å². The molecule has 0 atom stereocenters. The van der Waals surface area contributed by atoms with Crippen LogP contribution in [-0.2, 0) is 0 Å². The first kappa shape index (κ1) is 14.5. The average Bonchev–Trinajstić information content (AvgIpc) is 2.55. The number of nitro groups is 1. The van der Waals surface area contributed by atoms with Gasteiger partial charge in [0.2, 0.25) is 5.75 Å². The molecule has 0 amide bonds. The molecule has 114 valence electrons. The van der Waals surface area contributed by atoms with Gasteiger partial charge in [-0.1, -0.05) is 36.4 Å². The summed E-state index contributed by atoms with van der Waals surface area (Å²) in [7, 11) is 0. The van der Waals surface area contributed by atoms with Crippen molar-refractivity contribution in [1.82, 2.24) is 9.97 Å². The second-order valence-corrected chi connectivity index (χ2v) is 4.78. The van der Waals surface area contributed by atoms with E-state index in [1.54, 1.807) is 18.2 Å². The SMILES string of the molecule is O=c1nc(-c2ccccc2)cc(-c2cccc([N+](=O)[O-])c2O)[nH]1. The van der Waals surface area contributed by atoms with E-state index in [9.17, 15) is 20.0 Å². The van der Waals surface area contributed by atoms with E-state index in [1.165, 1.54) is 18.2 Å². The fraction of sp³-hybridized carbons (Fsp3) is 0. The molecule has 3 rings (SSSR count). The van der Waals surface area contributed by atoms with Crippen molar-refractivity contribution in [1.29, 1.82) is 0 Å². The first-order chi connectivity index (χ1) is 11.1. The van der Waals surface area contributed by atoms with Crippen molar-refractivity contribution in [3.63, 3.8) is 0 Å². The van der Waals surface area contributed by atoms with Crippen LogP contribution in [0.15, 0.2) is 59.4 Å². The lowest BCUT2D eigenvalue weighted by Gasteiger charge is -2.07. The number of benzene rings is 2. The Morgan fingerprint density at radius 3 is 2.52 bits per heavy atom. The van der Waals surface area contributed by atoms with Crippen LogP contribution in [0.2, 0.25) is 0 Å². The Morgan fingerprint density at radius 2 is 1.83 bits per heavy atom. The third-order valence-electron chi connectivity index (χ3n) is 3.32. The largest absolute Gasteiger partial charge is 0.502 e.